The van der Waals surface area contributed by atoms with Gasteiger partial charge in [-0.15, -0.1) is 0 Å². The highest BCUT2D eigenvalue weighted by molar-refractivity contribution is 7.92. The molecule has 3 aromatic carbocycles. The van der Waals surface area contributed by atoms with E-state index >= 15 is 0 Å². The molecule has 1 N–H and O–H groups in total. The zero-order chi connectivity index (χ0) is 25.7. The van der Waals surface area contributed by atoms with Crippen LogP contribution < -0.4 is 19.1 Å². The van der Waals surface area contributed by atoms with Crippen LogP contribution in [-0.2, 0) is 19.6 Å². The van der Waals surface area contributed by atoms with Crippen LogP contribution in [0.15, 0.2) is 71.6 Å². The van der Waals surface area contributed by atoms with Crippen molar-refractivity contribution in [3.05, 3.63) is 78.1 Å². The van der Waals surface area contributed by atoms with Crippen LogP contribution in [0.3, 0.4) is 0 Å². The van der Waals surface area contributed by atoms with Crippen LogP contribution >= 0.6 is 0 Å². The maximum atomic E-state index is 13.6. The molecule has 0 saturated heterocycles. The number of carbonyl (C=O) groups is 2. The SMILES string of the molecule is CCOC(=O)c1ccccc1NC(=O)CN(c1ccc(F)cc1)S(=O)(=O)c1ccc2c(c1)OCCO2. The van der Waals surface area contributed by atoms with Gasteiger partial charge in [0.1, 0.15) is 25.6 Å². The summed E-state index contributed by atoms with van der Waals surface area (Å²) in [6.07, 6.45) is 0. The quantitative estimate of drug-likeness (QED) is 0.457. The topological polar surface area (TPSA) is 111 Å². The van der Waals surface area contributed by atoms with E-state index < -0.39 is 34.3 Å². The third-order valence-electron chi connectivity index (χ3n) is 5.20. The number of anilines is 2. The van der Waals surface area contributed by atoms with Gasteiger partial charge in [0, 0.05) is 6.07 Å². The number of ether oxygens (including phenoxy) is 3. The lowest BCUT2D eigenvalue weighted by Gasteiger charge is -2.25. The van der Waals surface area contributed by atoms with Gasteiger partial charge < -0.3 is 19.5 Å². The minimum Gasteiger partial charge on any atom is -0.486 e. The number of fused-ring (bicyclic) bond motifs is 1. The number of para-hydroxylation sites is 1. The van der Waals surface area contributed by atoms with Gasteiger partial charge in [0.25, 0.3) is 10.0 Å². The van der Waals surface area contributed by atoms with Gasteiger partial charge in [0.05, 0.1) is 28.4 Å². The average Bonchev–Trinajstić information content (AvgIpc) is 2.88. The second-order valence-corrected chi connectivity index (χ2v) is 9.47. The fourth-order valence-electron chi connectivity index (χ4n) is 3.53. The number of carbonyl (C=O) groups excluding carboxylic acids is 2. The monoisotopic (exact) mass is 514 g/mol. The van der Waals surface area contributed by atoms with Gasteiger partial charge in [-0.3, -0.25) is 9.10 Å². The third-order valence-corrected chi connectivity index (χ3v) is 6.97. The van der Waals surface area contributed by atoms with Crippen molar-refractivity contribution in [3.8, 4) is 11.5 Å². The fourth-order valence-corrected chi connectivity index (χ4v) is 4.97. The lowest BCUT2D eigenvalue weighted by molar-refractivity contribution is -0.114. The van der Waals surface area contributed by atoms with E-state index in [1.165, 1.54) is 42.5 Å². The Kier molecular flexibility index (Phi) is 7.39. The number of halogens is 1. The molecule has 0 fully saturated rings. The number of nitrogens with one attached hydrogen (secondary N) is 1. The molecule has 0 spiro atoms. The van der Waals surface area contributed by atoms with Crippen molar-refractivity contribution in [3.63, 3.8) is 0 Å². The number of nitrogens with zero attached hydrogens (tertiary/aromatic N) is 1. The Bertz CT molecular complexity index is 1380. The first-order valence-electron chi connectivity index (χ1n) is 11.0. The van der Waals surface area contributed by atoms with Gasteiger partial charge in [-0.2, -0.15) is 0 Å². The molecule has 188 valence electrons. The molecule has 0 unspecified atom stereocenters. The van der Waals surface area contributed by atoms with Gasteiger partial charge in [-0.05, 0) is 55.5 Å². The Morgan fingerprint density at radius 3 is 2.42 bits per heavy atom. The van der Waals surface area contributed by atoms with E-state index in [1.807, 2.05) is 0 Å². The molecule has 11 heteroatoms. The van der Waals surface area contributed by atoms with Crippen LogP contribution in [0.2, 0.25) is 0 Å². The number of hydrogen-bond acceptors (Lipinski definition) is 7. The highest BCUT2D eigenvalue weighted by Gasteiger charge is 2.29. The van der Waals surface area contributed by atoms with Crippen LogP contribution in [-0.4, -0.2) is 46.7 Å². The lowest BCUT2D eigenvalue weighted by atomic mass is 10.2. The summed E-state index contributed by atoms with van der Waals surface area (Å²) in [6.45, 7) is 1.75. The highest BCUT2D eigenvalue weighted by Crippen LogP contribution is 2.34. The standard InChI is InChI=1S/C25H23FN2O7S/c1-2-33-25(30)20-5-3-4-6-21(20)27-24(29)16-28(18-9-7-17(26)8-10-18)36(31,32)19-11-12-22-23(15-19)35-14-13-34-22/h3-12,15H,2,13-14,16H2,1H3,(H,27,29). The Morgan fingerprint density at radius 1 is 1.00 bits per heavy atom. The van der Waals surface area contributed by atoms with E-state index in [2.05, 4.69) is 5.32 Å². The molecule has 0 aromatic heterocycles. The molecule has 36 heavy (non-hydrogen) atoms. The fraction of sp³-hybridized carbons (Fsp3) is 0.200. The molecule has 0 bridgehead atoms. The first kappa shape index (κ1) is 25.0. The molecule has 1 aliphatic heterocycles. The van der Waals surface area contributed by atoms with Crippen molar-refractivity contribution >= 4 is 33.3 Å². The Balaban J connectivity index is 1.66. The maximum Gasteiger partial charge on any atom is 0.340 e. The van der Waals surface area contributed by atoms with Crippen molar-refractivity contribution in [2.24, 2.45) is 0 Å². The van der Waals surface area contributed by atoms with Crippen molar-refractivity contribution in [2.75, 3.05) is 36.0 Å². The molecule has 3 aromatic rings. The largest absolute Gasteiger partial charge is 0.486 e. The molecule has 1 heterocycles. The molecule has 0 radical (unpaired) electrons. The van der Waals surface area contributed by atoms with Gasteiger partial charge in [0.2, 0.25) is 5.91 Å². The molecular formula is C25H23FN2O7S. The zero-order valence-electron chi connectivity index (χ0n) is 19.3. The Morgan fingerprint density at radius 2 is 1.69 bits per heavy atom. The Hall–Kier alpha value is -4.12. The summed E-state index contributed by atoms with van der Waals surface area (Å²) >= 11 is 0. The first-order chi connectivity index (χ1) is 17.3. The minimum atomic E-state index is -4.30. The maximum absolute atomic E-state index is 13.6. The molecule has 4 rings (SSSR count). The van der Waals surface area contributed by atoms with E-state index in [0.717, 1.165) is 16.4 Å². The molecule has 0 atom stereocenters. The summed E-state index contributed by atoms with van der Waals surface area (Å²) in [5.41, 5.74) is 0.354. The normalized spacial score (nSPS) is 12.5. The van der Waals surface area contributed by atoms with Crippen molar-refractivity contribution in [1.82, 2.24) is 0 Å². The molecule has 0 saturated carbocycles. The highest BCUT2D eigenvalue weighted by atomic mass is 32.2. The van der Waals surface area contributed by atoms with E-state index in [0.29, 0.717) is 12.4 Å². The number of esters is 1. The van der Waals surface area contributed by atoms with Gasteiger partial charge in [-0.1, -0.05) is 12.1 Å². The van der Waals surface area contributed by atoms with E-state index in [4.69, 9.17) is 14.2 Å². The summed E-state index contributed by atoms with van der Waals surface area (Å²) in [5.74, 6) is -1.26. The summed E-state index contributed by atoms with van der Waals surface area (Å²) in [6, 6.07) is 15.0. The predicted molar refractivity (Wildman–Crippen MR) is 129 cm³/mol. The number of rotatable bonds is 8. The minimum absolute atomic E-state index is 0.0696. The summed E-state index contributed by atoms with van der Waals surface area (Å²) in [5, 5.41) is 2.57. The third kappa shape index (κ3) is 5.41. The van der Waals surface area contributed by atoms with Gasteiger partial charge in [0.15, 0.2) is 11.5 Å². The van der Waals surface area contributed by atoms with Crippen LogP contribution in [0.5, 0.6) is 11.5 Å². The Labute approximate surface area is 207 Å². The van der Waals surface area contributed by atoms with Crippen molar-refractivity contribution in [2.45, 2.75) is 11.8 Å². The number of amides is 1. The van der Waals surface area contributed by atoms with Crippen molar-refractivity contribution in [1.29, 1.82) is 0 Å². The molecule has 1 aliphatic rings. The van der Waals surface area contributed by atoms with Gasteiger partial charge in [-0.25, -0.2) is 17.6 Å². The van der Waals surface area contributed by atoms with E-state index in [9.17, 15) is 22.4 Å². The smallest absolute Gasteiger partial charge is 0.340 e. The average molecular weight is 515 g/mol. The summed E-state index contributed by atoms with van der Waals surface area (Å²) in [4.78, 5) is 25.1. The molecular weight excluding hydrogens is 491 g/mol. The molecule has 0 aliphatic carbocycles. The number of sulfonamides is 1. The van der Waals surface area contributed by atoms with E-state index in [1.54, 1.807) is 19.1 Å². The van der Waals surface area contributed by atoms with Gasteiger partial charge >= 0.3 is 5.97 Å². The number of hydrogen-bond donors (Lipinski definition) is 1. The first-order valence-corrected chi connectivity index (χ1v) is 12.5. The predicted octanol–water partition coefficient (Wildman–Crippen LogP) is 3.61. The zero-order valence-corrected chi connectivity index (χ0v) is 20.1. The molecule has 1 amide bonds. The van der Waals surface area contributed by atoms with E-state index in [-0.39, 0.29) is 40.8 Å². The van der Waals surface area contributed by atoms with Crippen LogP contribution in [0, 0.1) is 5.82 Å². The number of benzene rings is 3. The second kappa shape index (κ2) is 10.6. The lowest BCUT2D eigenvalue weighted by Crippen LogP contribution is -2.38. The van der Waals surface area contributed by atoms with Crippen LogP contribution in [0.4, 0.5) is 15.8 Å². The second-order valence-electron chi connectivity index (χ2n) is 7.61. The summed E-state index contributed by atoms with van der Waals surface area (Å²) in [7, 11) is -4.30. The summed E-state index contributed by atoms with van der Waals surface area (Å²) < 4.78 is 57.6. The van der Waals surface area contributed by atoms with Crippen LogP contribution in [0.25, 0.3) is 0 Å². The van der Waals surface area contributed by atoms with Crippen molar-refractivity contribution < 1.29 is 36.6 Å². The molecule has 9 nitrogen and oxygen atoms in total. The van der Waals surface area contributed by atoms with Crippen LogP contribution in [0.1, 0.15) is 17.3 Å².